The van der Waals surface area contributed by atoms with Gasteiger partial charge in [0.05, 0.1) is 0 Å². The summed E-state index contributed by atoms with van der Waals surface area (Å²) in [4.78, 5) is 0. The topological polar surface area (TPSA) is 0 Å². The van der Waals surface area contributed by atoms with Crippen LogP contribution in [0.15, 0.2) is 0 Å². The Kier molecular flexibility index (Phi) is 98.3. The van der Waals surface area contributed by atoms with Crippen molar-refractivity contribution >= 4 is 0 Å². The van der Waals surface area contributed by atoms with Crippen molar-refractivity contribution in [2.45, 2.75) is 41.8 Å². The molecule has 0 aromatic carbocycles. The van der Waals surface area contributed by atoms with Gasteiger partial charge in [0.25, 0.3) is 0 Å². The van der Waals surface area contributed by atoms with Gasteiger partial charge in [-0.15, -0.1) is 0 Å². The molecule has 0 spiro atoms. The van der Waals surface area contributed by atoms with Crippen molar-refractivity contribution in [3.63, 3.8) is 0 Å². The molecule has 0 aromatic heterocycles. The van der Waals surface area contributed by atoms with E-state index in [9.17, 15) is 0 Å². The zero-order valence-corrected chi connectivity index (χ0v) is 16.2. The van der Waals surface area contributed by atoms with Crippen LogP contribution in [0.4, 0.5) is 0 Å². The average Bonchev–Trinajstić information content (AvgIpc) is 1.92. The van der Waals surface area contributed by atoms with Crippen LogP contribution in [0.2, 0.25) is 41.8 Å². The zero-order valence-electron chi connectivity index (χ0n) is 10.0. The van der Waals surface area contributed by atoms with E-state index in [-0.39, 0.29) is 0 Å². The van der Waals surface area contributed by atoms with Crippen molar-refractivity contribution in [2.75, 3.05) is 0 Å². The molecule has 0 saturated carbocycles. The molecular weight excluding hydrogens is 288 g/mol. The summed E-state index contributed by atoms with van der Waals surface area (Å²) in [6, 6.07) is 0. The molecule has 0 aliphatic carbocycles. The predicted octanol–water partition coefficient (Wildman–Crippen LogP) is 4.66. The van der Waals surface area contributed by atoms with E-state index in [4.69, 9.17) is 0 Å². The van der Waals surface area contributed by atoms with E-state index >= 15 is 0 Å². The van der Waals surface area contributed by atoms with Crippen LogP contribution < -0.4 is 0 Å². The van der Waals surface area contributed by atoms with Crippen LogP contribution in [0.5, 0.6) is 0 Å². The maximum absolute atomic E-state index is 2.25. The van der Waals surface area contributed by atoms with Gasteiger partial charge in [-0.05, 0) is 0 Å². The first kappa shape index (κ1) is 24.2. The van der Waals surface area contributed by atoms with E-state index in [1.165, 1.54) is 0 Å². The van der Waals surface area contributed by atoms with Crippen LogP contribution in [0.1, 0.15) is 0 Å². The molecule has 12 heavy (non-hydrogen) atoms. The fourth-order valence-electron chi connectivity index (χ4n) is 0. The molecule has 0 amide bonds. The van der Waals surface area contributed by atoms with Crippen molar-refractivity contribution in [2.24, 2.45) is 0 Å². The molecule has 0 atom stereocenters. The summed E-state index contributed by atoms with van der Waals surface area (Å²) in [5.74, 6) is 0. The monoisotopic (exact) mass is 312 g/mol. The fraction of sp³-hybridized carbons (Fsp3) is 1.00. The van der Waals surface area contributed by atoms with E-state index in [2.05, 4.69) is 41.8 Å². The van der Waals surface area contributed by atoms with Crippen molar-refractivity contribution in [1.29, 1.82) is 0 Å². The summed E-state index contributed by atoms with van der Waals surface area (Å²) in [6.45, 7) is 0. The minimum atomic E-state index is 0.500. The normalized spacial score (nSPS) is 4.67. The van der Waals surface area contributed by atoms with Crippen LogP contribution in [-0.4, -0.2) is 0 Å². The summed E-state index contributed by atoms with van der Waals surface area (Å²) < 4.78 is 0. The van der Waals surface area contributed by atoms with Gasteiger partial charge in [0, 0.05) is 0 Å². The molecule has 0 fully saturated rings. The Morgan fingerprint density at radius 1 is 0.333 bits per heavy atom. The van der Waals surface area contributed by atoms with Gasteiger partial charge < -0.3 is 0 Å². The van der Waals surface area contributed by atoms with E-state index in [0.29, 0.717) is 76.6 Å². The van der Waals surface area contributed by atoms with Crippen LogP contribution in [0, 0.1) is 0 Å². The molecule has 0 aromatic rings. The third-order valence-electron chi connectivity index (χ3n) is 0. The van der Waals surface area contributed by atoms with Crippen molar-refractivity contribution in [3.8, 4) is 0 Å². The second-order valence-electron chi connectivity index (χ2n) is 2.00. The Balaban J connectivity index is -0.0000000356. The van der Waals surface area contributed by atoms with Gasteiger partial charge in [0.15, 0.2) is 0 Å². The van der Waals surface area contributed by atoms with Gasteiger partial charge in [0.2, 0.25) is 0 Å². The summed E-state index contributed by atoms with van der Waals surface area (Å²) in [7, 11) is 0. The van der Waals surface area contributed by atoms with Crippen LogP contribution in [-0.2, 0) is 76.6 Å². The van der Waals surface area contributed by atoms with Gasteiger partial charge in [-0.2, -0.15) is 0 Å². The molecule has 0 rings (SSSR count). The molecule has 0 nitrogen and oxygen atoms in total. The Labute approximate surface area is 117 Å². The molecule has 0 unspecified atom stereocenters. The SMILES string of the molecule is [CH3][Ti][CH3].[CH3][Ti][CH3].[CH3][Ti][CH3].[CH3][Ti][CH3]. The first-order chi connectivity index (χ1) is 5.66. The predicted molar refractivity (Wildman–Crippen MR) is 46.9 cm³/mol. The van der Waals surface area contributed by atoms with Gasteiger partial charge in [-0.1, -0.05) is 0 Å². The van der Waals surface area contributed by atoms with Gasteiger partial charge in [-0.25, -0.2) is 0 Å². The Hall–Kier alpha value is 2.86. The molecule has 4 heteroatoms. The molecule has 0 saturated heterocycles. The quantitative estimate of drug-likeness (QED) is 0.571. The number of rotatable bonds is 0. The second kappa shape index (κ2) is 48.7. The molecular formula is C8H24Ti4. The third kappa shape index (κ3) is 221. The molecule has 0 radical (unpaired) electrons. The Morgan fingerprint density at radius 3 is 0.333 bits per heavy atom. The van der Waals surface area contributed by atoms with Crippen molar-refractivity contribution in [3.05, 3.63) is 0 Å². The van der Waals surface area contributed by atoms with Crippen LogP contribution in [0.3, 0.4) is 0 Å². The van der Waals surface area contributed by atoms with Gasteiger partial charge >= 0.3 is 118 Å². The average molecular weight is 312 g/mol. The zero-order chi connectivity index (χ0) is 10.8. The van der Waals surface area contributed by atoms with Crippen LogP contribution in [0.25, 0.3) is 0 Å². The number of hydrogen-bond donors (Lipinski definition) is 0. The molecule has 72 valence electrons. The van der Waals surface area contributed by atoms with Gasteiger partial charge in [-0.3, -0.25) is 0 Å². The first-order valence-electron chi connectivity index (χ1n) is 4.00. The van der Waals surface area contributed by atoms with E-state index in [0.717, 1.165) is 0 Å². The van der Waals surface area contributed by atoms with Crippen molar-refractivity contribution in [1.82, 2.24) is 0 Å². The Morgan fingerprint density at radius 2 is 0.333 bits per heavy atom. The maximum atomic E-state index is 2.25. The van der Waals surface area contributed by atoms with Crippen LogP contribution >= 0.6 is 0 Å². The molecule has 0 heterocycles. The molecule has 0 bridgehead atoms. The standard InChI is InChI=1S/8CH3.4Ti/h8*1H3;;;;. The second-order valence-corrected chi connectivity index (χ2v) is 8.25. The molecule has 0 N–H and O–H groups in total. The minimum absolute atomic E-state index is 0.500. The van der Waals surface area contributed by atoms with Crippen molar-refractivity contribution < 1.29 is 76.6 Å². The summed E-state index contributed by atoms with van der Waals surface area (Å²) in [5.41, 5.74) is 0. The number of hydrogen-bond acceptors (Lipinski definition) is 0. The van der Waals surface area contributed by atoms with E-state index < -0.39 is 0 Å². The summed E-state index contributed by atoms with van der Waals surface area (Å²) >= 11 is 2.00. The molecule has 0 aliphatic rings. The summed E-state index contributed by atoms with van der Waals surface area (Å²) in [6.07, 6.45) is 0. The van der Waals surface area contributed by atoms with E-state index in [1.807, 2.05) is 0 Å². The summed E-state index contributed by atoms with van der Waals surface area (Å²) in [5, 5.41) is 18.0. The first-order valence-corrected chi connectivity index (χ1v) is 16.5. The third-order valence-corrected chi connectivity index (χ3v) is 0. The fourth-order valence-corrected chi connectivity index (χ4v) is 0. The molecule has 0 aliphatic heterocycles. The Bertz CT molecular complexity index is 19.0. The van der Waals surface area contributed by atoms with Gasteiger partial charge in [0.1, 0.15) is 0 Å². The van der Waals surface area contributed by atoms with E-state index in [1.54, 1.807) is 0 Å².